The van der Waals surface area contributed by atoms with Crippen LogP contribution in [-0.4, -0.2) is 19.5 Å². The Hall–Kier alpha value is -2.24. The summed E-state index contributed by atoms with van der Waals surface area (Å²) < 4.78 is 42.0. The van der Waals surface area contributed by atoms with Crippen LogP contribution < -0.4 is 5.73 Å². The van der Waals surface area contributed by atoms with Crippen LogP contribution in [0.3, 0.4) is 0 Å². The Morgan fingerprint density at radius 3 is 2.09 bits per heavy atom. The van der Waals surface area contributed by atoms with Crippen LogP contribution in [0.5, 0.6) is 0 Å². The van der Waals surface area contributed by atoms with E-state index in [1.54, 1.807) is 24.3 Å². The topological polar surface area (TPSA) is 80.4 Å². The monoisotopic (exact) mass is 335 g/mol. The Kier molecular flexibility index (Phi) is 6.88. The molecule has 0 unspecified atom stereocenters. The Morgan fingerprint density at radius 2 is 1.70 bits per heavy atom. The van der Waals surface area contributed by atoms with Crippen molar-refractivity contribution in [3.63, 3.8) is 0 Å². The van der Waals surface area contributed by atoms with E-state index in [4.69, 9.17) is 10.3 Å². The molecule has 2 rings (SSSR count). The zero-order valence-electron chi connectivity index (χ0n) is 12.7. The van der Waals surface area contributed by atoms with Crippen molar-refractivity contribution < 1.29 is 17.4 Å². The third-order valence-electron chi connectivity index (χ3n) is 2.93. The van der Waals surface area contributed by atoms with Gasteiger partial charge in [-0.15, -0.1) is 5.73 Å². The standard InChI is InChI=1S/C10H10FN.C7H8O3S/c1-2-8(7-12)9-3-5-10(11)6-4-9;1-6-2-4-7(5-3-6)11(8,9)10/h3-6H,1,7,12H2;2-5H,1H3,(H,8,9,10). The molecule has 0 aliphatic heterocycles. The minimum absolute atomic E-state index is 0.0666. The van der Waals surface area contributed by atoms with E-state index in [1.165, 1.54) is 24.3 Å². The molecule has 4 nitrogen and oxygen atoms in total. The quantitative estimate of drug-likeness (QED) is 0.667. The van der Waals surface area contributed by atoms with Gasteiger partial charge in [0.15, 0.2) is 0 Å². The lowest BCUT2D eigenvalue weighted by atomic mass is 10.1. The molecule has 2 aromatic rings. The molecule has 0 aromatic heterocycles. The maximum absolute atomic E-state index is 12.5. The van der Waals surface area contributed by atoms with E-state index < -0.39 is 10.1 Å². The van der Waals surface area contributed by atoms with Gasteiger partial charge < -0.3 is 5.73 Å². The highest BCUT2D eigenvalue weighted by Crippen LogP contribution is 2.11. The van der Waals surface area contributed by atoms with E-state index in [2.05, 4.69) is 12.3 Å². The average molecular weight is 335 g/mol. The van der Waals surface area contributed by atoms with Crippen LogP contribution in [0.2, 0.25) is 0 Å². The van der Waals surface area contributed by atoms with Crippen LogP contribution in [0, 0.1) is 12.7 Å². The van der Waals surface area contributed by atoms with Crippen molar-refractivity contribution >= 4 is 15.7 Å². The Balaban J connectivity index is 0.000000231. The van der Waals surface area contributed by atoms with Crippen molar-refractivity contribution in [3.05, 3.63) is 77.8 Å². The fourth-order valence-corrected chi connectivity index (χ4v) is 2.13. The minimum Gasteiger partial charge on any atom is -0.326 e. The van der Waals surface area contributed by atoms with Crippen molar-refractivity contribution in [1.29, 1.82) is 0 Å². The lowest BCUT2D eigenvalue weighted by molar-refractivity contribution is 0.483. The van der Waals surface area contributed by atoms with Gasteiger partial charge in [0.1, 0.15) is 5.82 Å². The van der Waals surface area contributed by atoms with E-state index in [-0.39, 0.29) is 10.7 Å². The first-order valence-electron chi connectivity index (χ1n) is 6.67. The Bertz CT molecular complexity index is 791. The molecule has 0 amide bonds. The van der Waals surface area contributed by atoms with Crippen LogP contribution in [0.15, 0.2) is 65.7 Å². The van der Waals surface area contributed by atoms with Gasteiger partial charge in [0.05, 0.1) is 4.90 Å². The van der Waals surface area contributed by atoms with E-state index in [0.717, 1.165) is 16.7 Å². The summed E-state index contributed by atoms with van der Waals surface area (Å²) in [6.45, 7) is 5.71. The molecule has 6 heteroatoms. The molecule has 3 N–H and O–H groups in total. The van der Waals surface area contributed by atoms with Crippen LogP contribution in [0.4, 0.5) is 4.39 Å². The normalized spacial score (nSPS) is 10.3. The number of rotatable bonds is 3. The summed E-state index contributed by atoms with van der Waals surface area (Å²) in [5.41, 5.74) is 10.8. The highest BCUT2D eigenvalue weighted by atomic mass is 32.2. The second-order valence-corrected chi connectivity index (χ2v) is 6.08. The number of benzene rings is 2. The first-order valence-corrected chi connectivity index (χ1v) is 8.11. The molecule has 0 bridgehead atoms. The number of hydrogen-bond acceptors (Lipinski definition) is 3. The molecule has 0 radical (unpaired) electrons. The van der Waals surface area contributed by atoms with Gasteiger partial charge in [-0.3, -0.25) is 4.55 Å². The predicted molar refractivity (Wildman–Crippen MR) is 89.0 cm³/mol. The summed E-state index contributed by atoms with van der Waals surface area (Å²) in [7, 11) is -4.02. The average Bonchev–Trinajstić information content (AvgIpc) is 2.50. The van der Waals surface area contributed by atoms with Gasteiger partial charge >= 0.3 is 0 Å². The van der Waals surface area contributed by atoms with Gasteiger partial charge in [0.2, 0.25) is 0 Å². The second kappa shape index (κ2) is 8.41. The first-order chi connectivity index (χ1) is 10.8. The summed E-state index contributed by atoms with van der Waals surface area (Å²) >= 11 is 0. The predicted octanol–water partition coefficient (Wildman–Crippen LogP) is 3.19. The summed E-state index contributed by atoms with van der Waals surface area (Å²) in [6, 6.07) is 12.1. The smallest absolute Gasteiger partial charge is 0.294 e. The summed E-state index contributed by atoms with van der Waals surface area (Å²) in [5, 5.41) is 0. The van der Waals surface area contributed by atoms with E-state index in [9.17, 15) is 12.8 Å². The third kappa shape index (κ3) is 6.18. The number of hydrogen-bond donors (Lipinski definition) is 2. The van der Waals surface area contributed by atoms with E-state index in [1.807, 2.05) is 6.92 Å². The van der Waals surface area contributed by atoms with Gasteiger partial charge in [-0.1, -0.05) is 36.4 Å². The fraction of sp³-hybridized carbons (Fsp3) is 0.118. The summed E-state index contributed by atoms with van der Waals surface area (Å²) in [6.07, 6.45) is 0. The van der Waals surface area contributed by atoms with Crippen LogP contribution in [0.25, 0.3) is 5.57 Å². The number of nitrogens with two attached hydrogens (primary N) is 1. The van der Waals surface area contributed by atoms with E-state index in [0.29, 0.717) is 6.54 Å². The molecule has 0 spiro atoms. The second-order valence-electron chi connectivity index (χ2n) is 4.65. The van der Waals surface area contributed by atoms with Gasteiger partial charge in [-0.05, 0) is 36.8 Å². The molecule has 0 saturated carbocycles. The maximum atomic E-state index is 12.5. The number of halogens is 1. The largest absolute Gasteiger partial charge is 0.326 e. The van der Waals surface area contributed by atoms with Gasteiger partial charge in [-0.2, -0.15) is 8.42 Å². The molecule has 0 aliphatic rings. The van der Waals surface area contributed by atoms with Crippen LogP contribution in [0.1, 0.15) is 11.1 Å². The molecule has 122 valence electrons. The third-order valence-corrected chi connectivity index (χ3v) is 3.80. The minimum atomic E-state index is -4.02. The highest BCUT2D eigenvalue weighted by Gasteiger charge is 2.06. The Morgan fingerprint density at radius 1 is 1.17 bits per heavy atom. The van der Waals surface area contributed by atoms with Crippen LogP contribution in [-0.2, 0) is 10.1 Å². The molecule has 0 fully saturated rings. The molecule has 0 heterocycles. The lowest BCUT2D eigenvalue weighted by Crippen LogP contribution is -2.01. The Labute approximate surface area is 135 Å². The van der Waals surface area contributed by atoms with Gasteiger partial charge in [0.25, 0.3) is 10.1 Å². The van der Waals surface area contributed by atoms with Gasteiger partial charge in [0, 0.05) is 12.1 Å². The lowest BCUT2D eigenvalue weighted by Gasteiger charge is -2.00. The molecule has 23 heavy (non-hydrogen) atoms. The zero-order valence-corrected chi connectivity index (χ0v) is 13.5. The van der Waals surface area contributed by atoms with Crippen LogP contribution >= 0.6 is 0 Å². The summed E-state index contributed by atoms with van der Waals surface area (Å²) in [4.78, 5) is -0.0666. The molecule has 0 saturated heterocycles. The van der Waals surface area contributed by atoms with Crippen molar-refractivity contribution in [2.75, 3.05) is 6.54 Å². The first kappa shape index (κ1) is 18.8. The zero-order chi connectivity index (χ0) is 17.5. The molecule has 0 atom stereocenters. The number of aryl methyl sites for hydroxylation is 1. The molecule has 2 aromatic carbocycles. The maximum Gasteiger partial charge on any atom is 0.294 e. The van der Waals surface area contributed by atoms with Crippen molar-refractivity contribution in [2.24, 2.45) is 5.73 Å². The summed E-state index contributed by atoms with van der Waals surface area (Å²) in [5.74, 6) is -0.251. The van der Waals surface area contributed by atoms with Crippen molar-refractivity contribution in [1.82, 2.24) is 0 Å². The SMILES string of the molecule is C=C=C(CN)c1ccc(F)cc1.Cc1ccc(S(=O)(=O)O)cc1. The highest BCUT2D eigenvalue weighted by molar-refractivity contribution is 7.85. The fourth-order valence-electron chi connectivity index (χ4n) is 1.65. The molecular formula is C17H18FNO3S. The molecular weight excluding hydrogens is 317 g/mol. The molecule has 0 aliphatic carbocycles. The van der Waals surface area contributed by atoms with Gasteiger partial charge in [-0.25, -0.2) is 4.39 Å². The van der Waals surface area contributed by atoms with Crippen molar-refractivity contribution in [2.45, 2.75) is 11.8 Å². The van der Waals surface area contributed by atoms with E-state index >= 15 is 0 Å². The van der Waals surface area contributed by atoms with Crippen molar-refractivity contribution in [3.8, 4) is 0 Å².